The molecule has 118 valence electrons. The van der Waals surface area contributed by atoms with E-state index >= 15 is 0 Å². The molecule has 0 atom stereocenters. The second-order valence-corrected chi connectivity index (χ2v) is 5.65. The van der Waals surface area contributed by atoms with Crippen LogP contribution in [0.3, 0.4) is 0 Å². The molecule has 0 radical (unpaired) electrons. The van der Waals surface area contributed by atoms with E-state index in [4.69, 9.17) is 5.73 Å². The molecule has 0 saturated heterocycles. The fourth-order valence-electron chi connectivity index (χ4n) is 2.40. The summed E-state index contributed by atoms with van der Waals surface area (Å²) in [6.45, 7) is 6.52. The van der Waals surface area contributed by atoms with E-state index in [1.54, 1.807) is 10.9 Å². The van der Waals surface area contributed by atoms with Crippen LogP contribution < -0.4 is 11.1 Å². The minimum Gasteiger partial charge on any atom is -0.345 e. The third-order valence-corrected chi connectivity index (χ3v) is 4.23. The maximum absolute atomic E-state index is 12.4. The summed E-state index contributed by atoms with van der Waals surface area (Å²) in [5.41, 5.74) is 8.17. The van der Waals surface area contributed by atoms with Crippen LogP contribution in [0.2, 0.25) is 0 Å². The molecule has 0 aliphatic heterocycles. The Morgan fingerprint density at radius 1 is 1.27 bits per heavy atom. The highest BCUT2D eigenvalue weighted by Crippen LogP contribution is 2.15. The van der Waals surface area contributed by atoms with Gasteiger partial charge in [-0.3, -0.25) is 4.79 Å². The van der Waals surface area contributed by atoms with E-state index in [0.717, 1.165) is 24.1 Å². The van der Waals surface area contributed by atoms with Gasteiger partial charge in [0, 0.05) is 18.3 Å². The van der Waals surface area contributed by atoms with E-state index < -0.39 is 0 Å². The van der Waals surface area contributed by atoms with Crippen LogP contribution in [-0.4, -0.2) is 27.8 Å². The Morgan fingerprint density at radius 3 is 2.36 bits per heavy atom. The lowest BCUT2D eigenvalue weighted by Crippen LogP contribution is -2.52. The smallest absolute Gasteiger partial charge is 0.251 e. The average Bonchev–Trinajstić information content (AvgIpc) is 2.99. The Labute approximate surface area is 131 Å². The zero-order valence-electron chi connectivity index (χ0n) is 13.5. The topological polar surface area (TPSA) is 72.9 Å². The minimum absolute atomic E-state index is 0.0858. The number of aromatic nitrogens is 2. The molecule has 0 aliphatic rings. The van der Waals surface area contributed by atoms with Crippen LogP contribution in [0.5, 0.6) is 0 Å². The summed E-state index contributed by atoms with van der Waals surface area (Å²) in [5.74, 6) is -0.0858. The Morgan fingerprint density at radius 2 is 1.91 bits per heavy atom. The third-order valence-electron chi connectivity index (χ3n) is 4.23. The first-order valence-corrected chi connectivity index (χ1v) is 7.68. The van der Waals surface area contributed by atoms with Crippen molar-refractivity contribution in [3.63, 3.8) is 0 Å². The fourth-order valence-corrected chi connectivity index (χ4v) is 2.40. The number of nitrogens with one attached hydrogen (secondary N) is 1. The van der Waals surface area contributed by atoms with Gasteiger partial charge < -0.3 is 11.1 Å². The molecular weight excluding hydrogens is 276 g/mol. The van der Waals surface area contributed by atoms with Gasteiger partial charge in [0.15, 0.2) is 0 Å². The number of hydrogen-bond acceptors (Lipinski definition) is 3. The first-order chi connectivity index (χ1) is 10.5. The van der Waals surface area contributed by atoms with Gasteiger partial charge in [-0.1, -0.05) is 13.8 Å². The standard InChI is InChI=1S/C17H24N4O/c1-4-17(5-2,12-18)20-16(22)14-6-8-15(9-7-14)21-11-13(3)10-19-21/h6-11H,4-5,12,18H2,1-3H3,(H,20,22). The van der Waals surface area contributed by atoms with Crippen molar-refractivity contribution in [2.45, 2.75) is 39.2 Å². The van der Waals surface area contributed by atoms with Crippen LogP contribution in [0.15, 0.2) is 36.7 Å². The number of carbonyl (C=O) groups excluding carboxylic acids is 1. The van der Waals surface area contributed by atoms with Gasteiger partial charge in [-0.2, -0.15) is 5.10 Å². The lowest BCUT2D eigenvalue weighted by molar-refractivity contribution is 0.0895. The number of hydrogen-bond donors (Lipinski definition) is 2. The molecular formula is C17H24N4O. The van der Waals surface area contributed by atoms with Gasteiger partial charge in [-0.05, 0) is 49.6 Å². The Balaban J connectivity index is 2.14. The van der Waals surface area contributed by atoms with Gasteiger partial charge in [-0.15, -0.1) is 0 Å². The van der Waals surface area contributed by atoms with Crippen LogP contribution in [-0.2, 0) is 0 Å². The molecule has 0 spiro atoms. The summed E-state index contributed by atoms with van der Waals surface area (Å²) in [7, 11) is 0. The van der Waals surface area contributed by atoms with Crippen molar-refractivity contribution >= 4 is 5.91 Å². The highest BCUT2D eigenvalue weighted by Gasteiger charge is 2.26. The zero-order valence-corrected chi connectivity index (χ0v) is 13.5. The first-order valence-electron chi connectivity index (χ1n) is 7.68. The number of benzene rings is 1. The van der Waals surface area contributed by atoms with E-state index in [9.17, 15) is 4.79 Å². The normalized spacial score (nSPS) is 11.5. The van der Waals surface area contributed by atoms with Gasteiger partial charge in [-0.25, -0.2) is 4.68 Å². The number of amides is 1. The Kier molecular flexibility index (Phi) is 4.98. The second-order valence-electron chi connectivity index (χ2n) is 5.65. The monoisotopic (exact) mass is 300 g/mol. The summed E-state index contributed by atoms with van der Waals surface area (Å²) in [6.07, 6.45) is 5.38. The SMILES string of the molecule is CCC(CC)(CN)NC(=O)c1ccc(-n2cc(C)cn2)cc1. The zero-order chi connectivity index (χ0) is 16.2. The highest BCUT2D eigenvalue weighted by atomic mass is 16.1. The molecule has 1 aromatic heterocycles. The van der Waals surface area contributed by atoms with E-state index in [2.05, 4.69) is 10.4 Å². The molecule has 0 aliphatic carbocycles. The van der Waals surface area contributed by atoms with E-state index in [-0.39, 0.29) is 11.4 Å². The van der Waals surface area contributed by atoms with Gasteiger partial charge in [0.2, 0.25) is 0 Å². The Bertz CT molecular complexity index is 618. The number of carbonyl (C=O) groups is 1. The van der Waals surface area contributed by atoms with Crippen molar-refractivity contribution < 1.29 is 4.79 Å². The maximum Gasteiger partial charge on any atom is 0.251 e. The van der Waals surface area contributed by atoms with Gasteiger partial charge >= 0.3 is 0 Å². The predicted octanol–water partition coefficient (Wildman–Crippen LogP) is 2.43. The van der Waals surface area contributed by atoms with Crippen LogP contribution in [0.4, 0.5) is 0 Å². The second kappa shape index (κ2) is 6.75. The van der Waals surface area contributed by atoms with Gasteiger partial charge in [0.1, 0.15) is 0 Å². The molecule has 5 heteroatoms. The summed E-state index contributed by atoms with van der Waals surface area (Å²) in [6, 6.07) is 7.41. The summed E-state index contributed by atoms with van der Waals surface area (Å²) in [4.78, 5) is 12.4. The number of aryl methyl sites for hydroxylation is 1. The molecule has 1 amide bonds. The largest absolute Gasteiger partial charge is 0.345 e. The van der Waals surface area contributed by atoms with E-state index in [1.165, 1.54) is 0 Å². The fraction of sp³-hybridized carbons (Fsp3) is 0.412. The van der Waals surface area contributed by atoms with Crippen molar-refractivity contribution in [1.29, 1.82) is 0 Å². The van der Waals surface area contributed by atoms with Gasteiger partial charge in [0.05, 0.1) is 17.4 Å². The molecule has 3 N–H and O–H groups in total. The van der Waals surface area contributed by atoms with Crippen molar-refractivity contribution in [3.05, 3.63) is 47.8 Å². The molecule has 22 heavy (non-hydrogen) atoms. The molecule has 5 nitrogen and oxygen atoms in total. The lowest BCUT2D eigenvalue weighted by Gasteiger charge is -2.31. The van der Waals surface area contributed by atoms with Crippen LogP contribution in [0, 0.1) is 6.92 Å². The molecule has 2 aromatic rings. The van der Waals surface area contributed by atoms with Crippen molar-refractivity contribution in [2.75, 3.05) is 6.54 Å². The quantitative estimate of drug-likeness (QED) is 0.860. The third kappa shape index (κ3) is 3.36. The number of nitrogens with zero attached hydrogens (tertiary/aromatic N) is 2. The molecule has 0 unspecified atom stereocenters. The minimum atomic E-state index is -0.325. The predicted molar refractivity (Wildman–Crippen MR) is 88.1 cm³/mol. The van der Waals surface area contributed by atoms with Gasteiger partial charge in [0.25, 0.3) is 5.91 Å². The molecule has 0 bridgehead atoms. The lowest BCUT2D eigenvalue weighted by atomic mass is 9.92. The van der Waals surface area contributed by atoms with E-state index in [1.807, 2.05) is 51.2 Å². The van der Waals surface area contributed by atoms with Crippen molar-refractivity contribution in [2.24, 2.45) is 5.73 Å². The van der Waals surface area contributed by atoms with Crippen molar-refractivity contribution in [1.82, 2.24) is 15.1 Å². The molecule has 0 saturated carbocycles. The summed E-state index contributed by atoms with van der Waals surface area (Å²) in [5, 5.41) is 7.33. The number of nitrogens with two attached hydrogens (primary N) is 1. The Hall–Kier alpha value is -2.14. The first kappa shape index (κ1) is 16.2. The molecule has 1 heterocycles. The van der Waals surface area contributed by atoms with Crippen molar-refractivity contribution in [3.8, 4) is 5.69 Å². The number of rotatable bonds is 6. The molecule has 0 fully saturated rings. The van der Waals surface area contributed by atoms with Crippen LogP contribution in [0.25, 0.3) is 5.69 Å². The van der Waals surface area contributed by atoms with Crippen LogP contribution in [0.1, 0.15) is 42.6 Å². The van der Waals surface area contributed by atoms with Crippen LogP contribution >= 0.6 is 0 Å². The highest BCUT2D eigenvalue weighted by molar-refractivity contribution is 5.94. The molecule has 2 rings (SSSR count). The molecule has 1 aromatic carbocycles. The average molecular weight is 300 g/mol. The summed E-state index contributed by atoms with van der Waals surface area (Å²) < 4.78 is 1.79. The summed E-state index contributed by atoms with van der Waals surface area (Å²) >= 11 is 0. The maximum atomic E-state index is 12.4. The van der Waals surface area contributed by atoms with E-state index in [0.29, 0.717) is 12.1 Å².